The molecule has 6 nitrogen and oxygen atoms in total. The third kappa shape index (κ3) is 3.67. The van der Waals surface area contributed by atoms with E-state index in [1.165, 1.54) is 25.1 Å². The first-order chi connectivity index (χ1) is 10.6. The number of nitrogens with two attached hydrogens (primary N) is 1. The summed E-state index contributed by atoms with van der Waals surface area (Å²) in [5, 5.41) is 0. The van der Waals surface area contributed by atoms with E-state index in [1.54, 1.807) is 4.90 Å². The maximum atomic E-state index is 13.1. The minimum absolute atomic E-state index is 0.0741. The molecule has 1 amide bonds. The minimum Gasteiger partial charge on any atom is -0.325 e. The van der Waals surface area contributed by atoms with Gasteiger partial charge in [-0.1, -0.05) is 0 Å². The molecule has 128 valence electrons. The van der Waals surface area contributed by atoms with Gasteiger partial charge in [-0.15, -0.1) is 0 Å². The highest BCUT2D eigenvalue weighted by Gasteiger charge is 2.32. The van der Waals surface area contributed by atoms with Crippen LogP contribution in [0.5, 0.6) is 0 Å². The highest BCUT2D eigenvalue weighted by molar-refractivity contribution is 7.89. The number of amides is 1. The standard InChI is InChI=1S/C14H19F2N3O3S/c1-9-5-11-6-12(3-4-13(11)19(9)10(2)20)23(21,22)18-8-14(15,16)7-17/h3-4,6,9,18H,5,7-8,17H2,1-2H3. The van der Waals surface area contributed by atoms with E-state index in [1.807, 2.05) is 11.6 Å². The number of carbonyl (C=O) groups excluding carboxylic acids is 1. The third-order valence-electron chi connectivity index (χ3n) is 3.74. The van der Waals surface area contributed by atoms with Gasteiger partial charge in [0.2, 0.25) is 15.9 Å². The van der Waals surface area contributed by atoms with Gasteiger partial charge < -0.3 is 10.6 Å². The van der Waals surface area contributed by atoms with Gasteiger partial charge in [-0.25, -0.2) is 21.9 Å². The molecule has 1 aliphatic heterocycles. The van der Waals surface area contributed by atoms with E-state index in [9.17, 15) is 22.0 Å². The zero-order chi connectivity index (χ0) is 17.4. The van der Waals surface area contributed by atoms with Gasteiger partial charge >= 0.3 is 0 Å². The topological polar surface area (TPSA) is 92.5 Å². The van der Waals surface area contributed by atoms with Crippen LogP contribution in [0.4, 0.5) is 14.5 Å². The van der Waals surface area contributed by atoms with Crippen molar-refractivity contribution in [3.63, 3.8) is 0 Å². The summed E-state index contributed by atoms with van der Waals surface area (Å²) >= 11 is 0. The van der Waals surface area contributed by atoms with E-state index >= 15 is 0 Å². The number of rotatable bonds is 5. The zero-order valence-electron chi connectivity index (χ0n) is 12.8. The molecule has 1 atom stereocenters. The number of hydrogen-bond donors (Lipinski definition) is 2. The summed E-state index contributed by atoms with van der Waals surface area (Å²) in [5.41, 5.74) is 6.23. The van der Waals surface area contributed by atoms with Crippen molar-refractivity contribution in [2.24, 2.45) is 5.73 Å². The number of nitrogens with zero attached hydrogens (tertiary/aromatic N) is 1. The Morgan fingerprint density at radius 1 is 1.48 bits per heavy atom. The lowest BCUT2D eigenvalue weighted by molar-refractivity contribution is -0.116. The summed E-state index contributed by atoms with van der Waals surface area (Å²) in [7, 11) is -4.07. The second kappa shape index (κ2) is 6.14. The molecule has 0 saturated heterocycles. The maximum absolute atomic E-state index is 13.1. The van der Waals surface area contributed by atoms with Crippen LogP contribution in [0.3, 0.4) is 0 Å². The Bertz CT molecular complexity index is 722. The Balaban J connectivity index is 2.26. The van der Waals surface area contributed by atoms with Gasteiger partial charge in [-0.2, -0.15) is 0 Å². The summed E-state index contributed by atoms with van der Waals surface area (Å²) in [4.78, 5) is 13.1. The lowest BCUT2D eigenvalue weighted by Gasteiger charge is -2.20. The Kier molecular flexibility index (Phi) is 4.74. The van der Waals surface area contributed by atoms with E-state index in [0.29, 0.717) is 17.7 Å². The van der Waals surface area contributed by atoms with Crippen molar-refractivity contribution in [2.75, 3.05) is 18.0 Å². The first-order valence-corrected chi connectivity index (χ1v) is 8.56. The quantitative estimate of drug-likeness (QED) is 0.826. The normalized spacial score (nSPS) is 18.1. The lowest BCUT2D eigenvalue weighted by atomic mass is 10.1. The van der Waals surface area contributed by atoms with Crippen LogP contribution >= 0.6 is 0 Å². The first kappa shape index (κ1) is 17.8. The van der Waals surface area contributed by atoms with Gasteiger partial charge in [0, 0.05) is 18.7 Å². The molecule has 0 aromatic heterocycles. The van der Waals surface area contributed by atoms with Gasteiger partial charge in [0.05, 0.1) is 18.0 Å². The van der Waals surface area contributed by atoms with Crippen LogP contribution in [-0.2, 0) is 21.2 Å². The van der Waals surface area contributed by atoms with Crippen LogP contribution in [-0.4, -0.2) is 39.4 Å². The number of fused-ring (bicyclic) bond motifs is 1. The SMILES string of the molecule is CC(=O)N1c2ccc(S(=O)(=O)NCC(F)(F)CN)cc2CC1C. The van der Waals surface area contributed by atoms with Gasteiger partial charge in [-0.3, -0.25) is 4.79 Å². The summed E-state index contributed by atoms with van der Waals surface area (Å²) in [5.74, 6) is -3.43. The second-order valence-corrected chi connectivity index (χ2v) is 7.38. The summed E-state index contributed by atoms with van der Waals surface area (Å²) in [6, 6.07) is 4.17. The number of carbonyl (C=O) groups is 1. The molecule has 1 aliphatic rings. The van der Waals surface area contributed by atoms with Gasteiger partial charge in [0.25, 0.3) is 5.92 Å². The fourth-order valence-electron chi connectivity index (χ4n) is 2.61. The molecule has 0 fully saturated rings. The molecule has 1 heterocycles. The zero-order valence-corrected chi connectivity index (χ0v) is 13.7. The van der Waals surface area contributed by atoms with E-state index in [4.69, 9.17) is 5.73 Å². The fourth-order valence-corrected chi connectivity index (χ4v) is 3.72. The molecule has 23 heavy (non-hydrogen) atoms. The molecular formula is C14H19F2N3O3S. The van der Waals surface area contributed by atoms with Crippen LogP contribution < -0.4 is 15.4 Å². The molecule has 0 spiro atoms. The minimum atomic E-state index is -4.07. The Morgan fingerprint density at radius 2 is 2.13 bits per heavy atom. The number of benzene rings is 1. The maximum Gasteiger partial charge on any atom is 0.273 e. The second-order valence-electron chi connectivity index (χ2n) is 5.62. The Labute approximate surface area is 133 Å². The fraction of sp³-hybridized carbons (Fsp3) is 0.500. The number of nitrogens with one attached hydrogen (secondary N) is 1. The number of sulfonamides is 1. The predicted molar refractivity (Wildman–Crippen MR) is 82.0 cm³/mol. The van der Waals surface area contributed by atoms with Crippen LogP contribution in [0, 0.1) is 0 Å². The Morgan fingerprint density at radius 3 is 2.70 bits per heavy atom. The average Bonchev–Trinajstić information content (AvgIpc) is 2.80. The van der Waals surface area contributed by atoms with Crippen molar-refractivity contribution >= 4 is 21.6 Å². The highest BCUT2D eigenvalue weighted by atomic mass is 32.2. The van der Waals surface area contributed by atoms with E-state index in [0.717, 1.165) is 0 Å². The van der Waals surface area contributed by atoms with Crippen LogP contribution in [0.1, 0.15) is 19.4 Å². The largest absolute Gasteiger partial charge is 0.325 e. The van der Waals surface area contributed by atoms with Gasteiger partial charge in [0.1, 0.15) is 0 Å². The van der Waals surface area contributed by atoms with Crippen molar-refractivity contribution in [3.8, 4) is 0 Å². The number of alkyl halides is 2. The number of hydrogen-bond acceptors (Lipinski definition) is 4. The molecule has 3 N–H and O–H groups in total. The summed E-state index contributed by atoms with van der Waals surface area (Å²) < 4.78 is 52.3. The molecule has 0 saturated carbocycles. The first-order valence-electron chi connectivity index (χ1n) is 7.08. The average molecular weight is 347 g/mol. The Hall–Kier alpha value is -1.58. The summed E-state index contributed by atoms with van der Waals surface area (Å²) in [6.45, 7) is 1.30. The van der Waals surface area contributed by atoms with E-state index < -0.39 is 29.0 Å². The lowest BCUT2D eigenvalue weighted by Crippen LogP contribution is -2.41. The van der Waals surface area contributed by atoms with Crippen LogP contribution in [0.15, 0.2) is 23.1 Å². The smallest absolute Gasteiger partial charge is 0.273 e. The molecule has 1 aromatic carbocycles. The molecular weight excluding hydrogens is 328 g/mol. The molecule has 9 heteroatoms. The van der Waals surface area contributed by atoms with E-state index in [-0.39, 0.29) is 16.8 Å². The molecule has 0 radical (unpaired) electrons. The van der Waals surface area contributed by atoms with Gasteiger partial charge in [-0.05, 0) is 37.1 Å². The predicted octanol–water partition coefficient (Wildman–Crippen LogP) is 0.856. The molecule has 1 aromatic rings. The van der Waals surface area contributed by atoms with E-state index in [2.05, 4.69) is 0 Å². The van der Waals surface area contributed by atoms with Crippen LogP contribution in [0.2, 0.25) is 0 Å². The summed E-state index contributed by atoms with van der Waals surface area (Å²) in [6.07, 6.45) is 0.511. The third-order valence-corrected chi connectivity index (χ3v) is 5.13. The molecule has 2 rings (SSSR count). The molecule has 0 aliphatic carbocycles. The number of anilines is 1. The highest BCUT2D eigenvalue weighted by Crippen LogP contribution is 2.33. The van der Waals surface area contributed by atoms with Crippen molar-refractivity contribution in [2.45, 2.75) is 37.1 Å². The van der Waals surface area contributed by atoms with Crippen molar-refractivity contribution in [1.29, 1.82) is 0 Å². The molecule has 1 unspecified atom stereocenters. The van der Waals surface area contributed by atoms with Crippen molar-refractivity contribution in [1.82, 2.24) is 4.72 Å². The monoisotopic (exact) mass is 347 g/mol. The van der Waals surface area contributed by atoms with Crippen molar-refractivity contribution in [3.05, 3.63) is 23.8 Å². The van der Waals surface area contributed by atoms with Crippen LogP contribution in [0.25, 0.3) is 0 Å². The number of halogens is 2. The molecule has 0 bridgehead atoms. The van der Waals surface area contributed by atoms with Gasteiger partial charge in [0.15, 0.2) is 0 Å². The van der Waals surface area contributed by atoms with Crippen molar-refractivity contribution < 1.29 is 22.0 Å².